The van der Waals surface area contributed by atoms with Gasteiger partial charge in [0.15, 0.2) is 0 Å². The van der Waals surface area contributed by atoms with Gasteiger partial charge in [0.1, 0.15) is 5.75 Å². The van der Waals surface area contributed by atoms with Crippen molar-refractivity contribution in [3.05, 3.63) is 28.8 Å². The van der Waals surface area contributed by atoms with Gasteiger partial charge in [-0.15, -0.1) is 0 Å². The largest absolute Gasteiger partial charge is 0.495 e. The van der Waals surface area contributed by atoms with E-state index in [1.54, 1.807) is 7.11 Å². The lowest BCUT2D eigenvalue weighted by molar-refractivity contribution is 0.105. The molecule has 3 nitrogen and oxygen atoms in total. The molecule has 1 fully saturated rings. The van der Waals surface area contributed by atoms with Crippen LogP contribution in [0.1, 0.15) is 30.9 Å². The molecule has 0 saturated heterocycles. The molecule has 4 N–H and O–H groups in total. The Morgan fingerprint density at radius 3 is 2.59 bits per heavy atom. The summed E-state index contributed by atoms with van der Waals surface area (Å²) in [5, 5.41) is 0.604. The van der Waals surface area contributed by atoms with Crippen LogP contribution in [0.4, 0.5) is 0 Å². The molecule has 1 unspecified atom stereocenters. The van der Waals surface area contributed by atoms with Crippen molar-refractivity contribution in [3.63, 3.8) is 0 Å². The van der Waals surface area contributed by atoms with Crippen LogP contribution in [0.3, 0.4) is 0 Å². The van der Waals surface area contributed by atoms with E-state index in [1.807, 2.05) is 18.2 Å². The van der Waals surface area contributed by atoms with Gasteiger partial charge in [-0.2, -0.15) is 0 Å². The molecule has 0 bridgehead atoms. The van der Waals surface area contributed by atoms with Crippen molar-refractivity contribution in [1.82, 2.24) is 0 Å². The smallest absolute Gasteiger partial charge is 0.137 e. The molecule has 0 amide bonds. The predicted octanol–water partition coefficient (Wildman–Crippen LogP) is 2.48. The van der Waals surface area contributed by atoms with Gasteiger partial charge in [-0.25, -0.2) is 0 Å². The molecule has 94 valence electrons. The van der Waals surface area contributed by atoms with Crippen molar-refractivity contribution < 1.29 is 4.74 Å². The zero-order chi connectivity index (χ0) is 12.5. The van der Waals surface area contributed by atoms with Crippen molar-refractivity contribution in [1.29, 1.82) is 0 Å². The lowest BCUT2D eigenvalue weighted by Gasteiger charge is -2.45. The second-order valence-electron chi connectivity index (χ2n) is 4.79. The topological polar surface area (TPSA) is 61.3 Å². The zero-order valence-corrected chi connectivity index (χ0v) is 10.8. The maximum Gasteiger partial charge on any atom is 0.137 e. The first kappa shape index (κ1) is 12.7. The second kappa shape index (κ2) is 4.84. The molecule has 1 aliphatic carbocycles. The Morgan fingerprint density at radius 2 is 2.18 bits per heavy atom. The molecule has 1 atom stereocenters. The summed E-state index contributed by atoms with van der Waals surface area (Å²) in [4.78, 5) is 0. The van der Waals surface area contributed by atoms with E-state index >= 15 is 0 Å². The molecule has 0 aromatic heterocycles. The van der Waals surface area contributed by atoms with Gasteiger partial charge in [0, 0.05) is 11.5 Å². The van der Waals surface area contributed by atoms with Crippen LogP contribution < -0.4 is 16.2 Å². The van der Waals surface area contributed by atoms with E-state index < -0.39 is 0 Å². The summed E-state index contributed by atoms with van der Waals surface area (Å²) < 4.78 is 5.13. The highest BCUT2D eigenvalue weighted by molar-refractivity contribution is 6.32. The first-order valence-electron chi connectivity index (χ1n) is 5.92. The van der Waals surface area contributed by atoms with Crippen LogP contribution in [-0.2, 0) is 0 Å². The molecule has 0 heterocycles. The molecule has 1 aromatic rings. The summed E-state index contributed by atoms with van der Waals surface area (Å²) in [6.07, 6.45) is 3.43. The van der Waals surface area contributed by atoms with Gasteiger partial charge in [-0.05, 0) is 37.1 Å². The van der Waals surface area contributed by atoms with Crippen LogP contribution in [0.2, 0.25) is 5.02 Å². The molecule has 0 aliphatic heterocycles. The van der Waals surface area contributed by atoms with Crippen LogP contribution >= 0.6 is 11.6 Å². The highest BCUT2D eigenvalue weighted by atomic mass is 35.5. The summed E-state index contributed by atoms with van der Waals surface area (Å²) in [7, 11) is 1.61. The SMILES string of the molecule is COc1ccc(C(N)C2(CN)CCC2)cc1Cl. The number of hydrogen-bond acceptors (Lipinski definition) is 3. The van der Waals surface area contributed by atoms with Crippen LogP contribution in [0.15, 0.2) is 18.2 Å². The van der Waals surface area contributed by atoms with Crippen LogP contribution in [0.5, 0.6) is 5.75 Å². The molecule has 0 spiro atoms. The molecule has 0 radical (unpaired) electrons. The molecule has 1 aromatic carbocycles. The third-order valence-corrected chi connectivity index (χ3v) is 4.25. The first-order chi connectivity index (χ1) is 8.13. The normalized spacial score (nSPS) is 19.5. The van der Waals surface area contributed by atoms with Crippen LogP contribution in [0, 0.1) is 5.41 Å². The second-order valence-corrected chi connectivity index (χ2v) is 5.20. The Hall–Kier alpha value is -0.770. The Labute approximate surface area is 107 Å². The fourth-order valence-electron chi connectivity index (χ4n) is 2.50. The van der Waals surface area contributed by atoms with Gasteiger partial charge in [0.25, 0.3) is 0 Å². The Balaban J connectivity index is 2.25. The van der Waals surface area contributed by atoms with Crippen molar-refractivity contribution in [2.45, 2.75) is 25.3 Å². The van der Waals surface area contributed by atoms with E-state index in [1.165, 1.54) is 6.42 Å². The van der Waals surface area contributed by atoms with Crippen molar-refractivity contribution in [3.8, 4) is 5.75 Å². The van der Waals surface area contributed by atoms with E-state index in [0.29, 0.717) is 17.3 Å². The predicted molar refractivity (Wildman–Crippen MR) is 70.3 cm³/mol. The number of benzene rings is 1. The maximum absolute atomic E-state index is 6.33. The Bertz CT molecular complexity index is 399. The van der Waals surface area contributed by atoms with Gasteiger partial charge in [0.2, 0.25) is 0 Å². The Morgan fingerprint density at radius 1 is 1.47 bits per heavy atom. The van der Waals surface area contributed by atoms with Crippen molar-refractivity contribution in [2.24, 2.45) is 16.9 Å². The number of halogens is 1. The molecular weight excluding hydrogens is 236 g/mol. The highest BCUT2D eigenvalue weighted by Crippen LogP contribution is 2.48. The minimum Gasteiger partial charge on any atom is -0.495 e. The molecule has 1 aliphatic rings. The summed E-state index contributed by atoms with van der Waals surface area (Å²) >= 11 is 6.12. The fraction of sp³-hybridized carbons (Fsp3) is 0.538. The summed E-state index contributed by atoms with van der Waals surface area (Å²) in [6, 6.07) is 5.69. The monoisotopic (exact) mass is 254 g/mol. The van der Waals surface area contributed by atoms with E-state index in [0.717, 1.165) is 18.4 Å². The third kappa shape index (κ3) is 2.15. The first-order valence-corrected chi connectivity index (χ1v) is 6.30. The quantitative estimate of drug-likeness (QED) is 0.868. The number of methoxy groups -OCH3 is 1. The van der Waals surface area contributed by atoms with E-state index in [9.17, 15) is 0 Å². The minimum absolute atomic E-state index is 0.0374. The van der Waals surface area contributed by atoms with Crippen molar-refractivity contribution in [2.75, 3.05) is 13.7 Å². The summed E-state index contributed by atoms with van der Waals surface area (Å²) in [5.74, 6) is 0.679. The summed E-state index contributed by atoms with van der Waals surface area (Å²) in [5.41, 5.74) is 13.3. The van der Waals surface area contributed by atoms with E-state index in [-0.39, 0.29) is 11.5 Å². The minimum atomic E-state index is -0.0374. The van der Waals surface area contributed by atoms with Crippen LogP contribution in [-0.4, -0.2) is 13.7 Å². The number of rotatable bonds is 4. The number of ether oxygens (including phenoxy) is 1. The van der Waals surface area contributed by atoms with Gasteiger partial charge in [0.05, 0.1) is 12.1 Å². The fourth-order valence-corrected chi connectivity index (χ4v) is 2.77. The zero-order valence-electron chi connectivity index (χ0n) is 10.1. The third-order valence-electron chi connectivity index (χ3n) is 3.95. The summed E-state index contributed by atoms with van der Waals surface area (Å²) in [6.45, 7) is 0.637. The molecule has 17 heavy (non-hydrogen) atoms. The van der Waals surface area contributed by atoms with E-state index in [2.05, 4.69) is 0 Å². The highest BCUT2D eigenvalue weighted by Gasteiger charge is 2.41. The van der Waals surface area contributed by atoms with Crippen LogP contribution in [0.25, 0.3) is 0 Å². The molecule has 4 heteroatoms. The average Bonchev–Trinajstić information content (AvgIpc) is 2.28. The number of nitrogens with two attached hydrogens (primary N) is 2. The molecule has 1 saturated carbocycles. The number of hydrogen-bond donors (Lipinski definition) is 2. The van der Waals surface area contributed by atoms with Gasteiger partial charge in [-0.1, -0.05) is 24.1 Å². The van der Waals surface area contributed by atoms with Gasteiger partial charge < -0.3 is 16.2 Å². The molecule has 2 rings (SSSR count). The average molecular weight is 255 g/mol. The standard InChI is InChI=1S/C13H19ClN2O/c1-17-11-4-3-9(7-10(11)14)12(16)13(8-15)5-2-6-13/h3-4,7,12H,2,5-6,8,15-16H2,1H3. The van der Waals surface area contributed by atoms with Crippen molar-refractivity contribution >= 4 is 11.6 Å². The maximum atomic E-state index is 6.33. The van der Waals surface area contributed by atoms with E-state index in [4.69, 9.17) is 27.8 Å². The van der Waals surface area contributed by atoms with Gasteiger partial charge >= 0.3 is 0 Å². The van der Waals surface area contributed by atoms with Gasteiger partial charge in [-0.3, -0.25) is 0 Å². The lowest BCUT2D eigenvalue weighted by atomic mass is 9.63. The lowest BCUT2D eigenvalue weighted by Crippen LogP contribution is -2.46. The molecular formula is C13H19ClN2O. The Kier molecular flexibility index (Phi) is 3.61.